The highest BCUT2D eigenvalue weighted by molar-refractivity contribution is 5.69. The molecule has 6 atom stereocenters. The predicted molar refractivity (Wildman–Crippen MR) is 141 cm³/mol. The van der Waals surface area contributed by atoms with Crippen molar-refractivity contribution in [2.24, 2.45) is 0 Å². The minimum absolute atomic E-state index is 0.118. The molecule has 0 spiro atoms. The van der Waals surface area contributed by atoms with Crippen LogP contribution in [0.1, 0.15) is 110 Å². The molecule has 0 aromatic heterocycles. The third-order valence-electron chi connectivity index (χ3n) is 6.83. The Labute approximate surface area is 223 Å². The SMILES string of the molecule is CCCCCCCCCCCCCCCCOCC(COC1OC(CO)C(O)C(O)C1O)OC(=O)CC. The van der Waals surface area contributed by atoms with Gasteiger partial charge in [0.1, 0.15) is 30.5 Å². The van der Waals surface area contributed by atoms with Gasteiger partial charge in [-0.25, -0.2) is 0 Å². The molecular formula is C28H54O9. The van der Waals surface area contributed by atoms with Crippen molar-refractivity contribution in [2.75, 3.05) is 26.4 Å². The lowest BCUT2D eigenvalue weighted by molar-refractivity contribution is -0.305. The molecule has 9 nitrogen and oxygen atoms in total. The number of aliphatic hydroxyl groups excluding tert-OH is 4. The van der Waals surface area contributed by atoms with Crippen LogP contribution in [0.4, 0.5) is 0 Å². The van der Waals surface area contributed by atoms with Crippen LogP contribution < -0.4 is 0 Å². The zero-order chi connectivity index (χ0) is 27.3. The molecule has 37 heavy (non-hydrogen) atoms. The topological polar surface area (TPSA) is 135 Å². The van der Waals surface area contributed by atoms with Gasteiger partial charge in [-0.3, -0.25) is 4.79 Å². The number of ether oxygens (including phenoxy) is 4. The maximum absolute atomic E-state index is 11.8. The normalized spacial score (nSPS) is 24.8. The van der Waals surface area contributed by atoms with Crippen molar-refractivity contribution in [1.29, 1.82) is 0 Å². The van der Waals surface area contributed by atoms with E-state index >= 15 is 0 Å². The van der Waals surface area contributed by atoms with Crippen LogP contribution in [0.3, 0.4) is 0 Å². The molecule has 1 aliphatic rings. The van der Waals surface area contributed by atoms with Gasteiger partial charge >= 0.3 is 5.97 Å². The van der Waals surface area contributed by atoms with Crippen molar-refractivity contribution in [2.45, 2.75) is 147 Å². The van der Waals surface area contributed by atoms with Crippen molar-refractivity contribution in [3.8, 4) is 0 Å². The number of unbranched alkanes of at least 4 members (excludes halogenated alkanes) is 13. The number of carbonyl (C=O) groups is 1. The summed E-state index contributed by atoms with van der Waals surface area (Å²) in [6.45, 7) is 3.98. The molecule has 0 amide bonds. The van der Waals surface area contributed by atoms with Gasteiger partial charge in [0.05, 0.1) is 19.8 Å². The molecule has 6 unspecified atom stereocenters. The van der Waals surface area contributed by atoms with Crippen molar-refractivity contribution in [1.82, 2.24) is 0 Å². The Morgan fingerprint density at radius 1 is 0.757 bits per heavy atom. The lowest BCUT2D eigenvalue weighted by atomic mass is 9.99. The van der Waals surface area contributed by atoms with Crippen LogP contribution in [0, 0.1) is 0 Å². The Kier molecular flexibility index (Phi) is 20.4. The van der Waals surface area contributed by atoms with Crippen molar-refractivity contribution < 1.29 is 44.2 Å². The first-order valence-electron chi connectivity index (χ1n) is 14.6. The smallest absolute Gasteiger partial charge is 0.305 e. The summed E-state index contributed by atoms with van der Waals surface area (Å²) in [5.41, 5.74) is 0. The summed E-state index contributed by atoms with van der Waals surface area (Å²) in [5.74, 6) is -0.400. The summed E-state index contributed by atoms with van der Waals surface area (Å²) in [5, 5.41) is 39.2. The molecule has 1 fully saturated rings. The minimum Gasteiger partial charge on any atom is -0.457 e. The quantitative estimate of drug-likeness (QED) is 0.114. The van der Waals surface area contributed by atoms with Crippen LogP contribution in [0.5, 0.6) is 0 Å². The van der Waals surface area contributed by atoms with E-state index in [1.165, 1.54) is 77.0 Å². The third kappa shape index (κ3) is 15.4. The number of esters is 1. The van der Waals surface area contributed by atoms with Gasteiger partial charge in [-0.15, -0.1) is 0 Å². The van der Waals surface area contributed by atoms with Crippen molar-refractivity contribution in [3.63, 3.8) is 0 Å². The van der Waals surface area contributed by atoms with Gasteiger partial charge in [0.25, 0.3) is 0 Å². The molecule has 1 saturated heterocycles. The molecular weight excluding hydrogens is 480 g/mol. The fraction of sp³-hybridized carbons (Fsp3) is 0.964. The monoisotopic (exact) mass is 534 g/mol. The maximum atomic E-state index is 11.8. The number of rotatable bonds is 23. The van der Waals surface area contributed by atoms with Gasteiger partial charge in [0, 0.05) is 13.0 Å². The second kappa shape index (κ2) is 22.1. The molecule has 0 bridgehead atoms. The van der Waals surface area contributed by atoms with E-state index < -0.39 is 49.4 Å². The first-order valence-corrected chi connectivity index (χ1v) is 14.6. The fourth-order valence-corrected chi connectivity index (χ4v) is 4.41. The van der Waals surface area contributed by atoms with Gasteiger partial charge < -0.3 is 39.4 Å². The van der Waals surface area contributed by atoms with E-state index in [1.54, 1.807) is 6.92 Å². The molecule has 0 aromatic rings. The summed E-state index contributed by atoms with van der Waals surface area (Å²) in [4.78, 5) is 11.8. The predicted octanol–water partition coefficient (Wildman–Crippen LogP) is 3.62. The van der Waals surface area contributed by atoms with Crippen LogP contribution in [0.15, 0.2) is 0 Å². The second-order valence-electron chi connectivity index (χ2n) is 10.2. The molecule has 1 aliphatic heterocycles. The zero-order valence-electron chi connectivity index (χ0n) is 23.2. The molecule has 1 rings (SSSR count). The van der Waals surface area contributed by atoms with E-state index in [0.717, 1.165) is 12.8 Å². The molecule has 1 heterocycles. The summed E-state index contributed by atoms with van der Waals surface area (Å²) in [6, 6.07) is 0. The summed E-state index contributed by atoms with van der Waals surface area (Å²) in [6.07, 6.45) is 10.7. The second-order valence-corrected chi connectivity index (χ2v) is 10.2. The standard InChI is InChI=1S/C28H54O9/c1-3-5-6-7-8-9-10-11-12-13-14-15-16-17-18-34-20-22(36-24(30)4-2)21-35-28-27(33)26(32)25(31)23(19-29)37-28/h22-23,25-29,31-33H,3-21H2,1-2H3. The highest BCUT2D eigenvalue weighted by Crippen LogP contribution is 2.22. The van der Waals surface area contributed by atoms with Crippen LogP contribution in [0.2, 0.25) is 0 Å². The van der Waals surface area contributed by atoms with Gasteiger partial charge in [0.2, 0.25) is 0 Å². The Hall–Kier alpha value is -0.810. The average molecular weight is 535 g/mol. The summed E-state index contributed by atoms with van der Waals surface area (Å²) < 4.78 is 21.9. The average Bonchev–Trinajstić information content (AvgIpc) is 2.90. The van der Waals surface area contributed by atoms with Crippen LogP contribution in [-0.4, -0.2) is 89.6 Å². The molecule has 0 radical (unpaired) electrons. The van der Waals surface area contributed by atoms with Crippen LogP contribution in [0.25, 0.3) is 0 Å². The lowest BCUT2D eigenvalue weighted by Crippen LogP contribution is -2.59. The summed E-state index contributed by atoms with van der Waals surface area (Å²) >= 11 is 0. The Morgan fingerprint density at radius 2 is 1.30 bits per heavy atom. The highest BCUT2D eigenvalue weighted by atomic mass is 16.7. The molecule has 0 saturated carbocycles. The lowest BCUT2D eigenvalue weighted by Gasteiger charge is -2.39. The largest absolute Gasteiger partial charge is 0.457 e. The fourth-order valence-electron chi connectivity index (χ4n) is 4.41. The Bertz CT molecular complexity index is 546. The first-order chi connectivity index (χ1) is 17.9. The van der Waals surface area contributed by atoms with Gasteiger partial charge in [0.15, 0.2) is 6.29 Å². The van der Waals surface area contributed by atoms with E-state index in [1.807, 2.05) is 0 Å². The number of hydrogen-bond acceptors (Lipinski definition) is 9. The number of carbonyl (C=O) groups excluding carboxylic acids is 1. The van der Waals surface area contributed by atoms with E-state index in [2.05, 4.69) is 6.92 Å². The van der Waals surface area contributed by atoms with E-state index in [0.29, 0.717) is 6.61 Å². The molecule has 0 aromatic carbocycles. The van der Waals surface area contributed by atoms with E-state index in [4.69, 9.17) is 18.9 Å². The number of hydrogen-bond donors (Lipinski definition) is 4. The van der Waals surface area contributed by atoms with Gasteiger partial charge in [-0.1, -0.05) is 97.3 Å². The minimum atomic E-state index is -1.52. The zero-order valence-corrected chi connectivity index (χ0v) is 23.2. The molecule has 0 aliphatic carbocycles. The number of aliphatic hydroxyl groups is 4. The van der Waals surface area contributed by atoms with E-state index in [9.17, 15) is 25.2 Å². The molecule has 9 heteroatoms. The van der Waals surface area contributed by atoms with Gasteiger partial charge in [-0.2, -0.15) is 0 Å². The van der Waals surface area contributed by atoms with Crippen molar-refractivity contribution in [3.05, 3.63) is 0 Å². The van der Waals surface area contributed by atoms with Crippen molar-refractivity contribution >= 4 is 5.97 Å². The van der Waals surface area contributed by atoms with Crippen LogP contribution >= 0.6 is 0 Å². The highest BCUT2D eigenvalue weighted by Gasteiger charge is 2.44. The maximum Gasteiger partial charge on any atom is 0.305 e. The van der Waals surface area contributed by atoms with Crippen LogP contribution in [-0.2, 0) is 23.7 Å². The Balaban J connectivity index is 2.14. The first kappa shape index (κ1) is 34.2. The van der Waals surface area contributed by atoms with E-state index in [-0.39, 0.29) is 19.6 Å². The molecule has 4 N–H and O–H groups in total. The Morgan fingerprint density at radius 3 is 1.81 bits per heavy atom. The summed E-state index contributed by atoms with van der Waals surface area (Å²) in [7, 11) is 0. The third-order valence-corrected chi connectivity index (χ3v) is 6.83. The van der Waals surface area contributed by atoms with Gasteiger partial charge in [-0.05, 0) is 6.42 Å². The molecule has 220 valence electrons.